The highest BCUT2D eigenvalue weighted by Crippen LogP contribution is 2.23. The van der Waals surface area contributed by atoms with Crippen molar-refractivity contribution in [2.24, 2.45) is 5.73 Å². The summed E-state index contributed by atoms with van der Waals surface area (Å²) in [5.74, 6) is -0.881. The first-order chi connectivity index (χ1) is 15.4. The molecule has 1 saturated heterocycles. The molecule has 1 aromatic carbocycles. The summed E-state index contributed by atoms with van der Waals surface area (Å²) in [6, 6.07) is 10.7. The van der Waals surface area contributed by atoms with Crippen LogP contribution in [0, 0.1) is 6.92 Å². The Balaban J connectivity index is 1.59. The number of benzene rings is 1. The first kappa shape index (κ1) is 22.0. The van der Waals surface area contributed by atoms with E-state index in [0.717, 1.165) is 31.2 Å². The standard InChI is InChI=1S/C24H29N5O3/c1-16-3-2-4-18(15-16)24(32)29-14-13-28(23(31)17-9-11-26-12-10-17)22(29)21(30)27-20-7-5-19(25)6-8-20/h2-4,9-12,15,19-20,22H,5-8,13-14,25H2,1H3,(H,27,30). The molecule has 0 radical (unpaired) electrons. The number of carbonyl (C=O) groups excluding carboxylic acids is 3. The fourth-order valence-corrected chi connectivity index (χ4v) is 4.48. The first-order valence-electron chi connectivity index (χ1n) is 11.1. The third-order valence-electron chi connectivity index (χ3n) is 6.24. The molecule has 8 heteroatoms. The minimum Gasteiger partial charge on any atom is -0.350 e. The maximum absolute atomic E-state index is 13.4. The molecular weight excluding hydrogens is 406 g/mol. The molecule has 1 aromatic heterocycles. The number of amides is 3. The zero-order valence-electron chi connectivity index (χ0n) is 18.2. The van der Waals surface area contributed by atoms with Gasteiger partial charge in [-0.25, -0.2) is 0 Å². The van der Waals surface area contributed by atoms with Gasteiger partial charge in [-0.05, 0) is 56.9 Å². The van der Waals surface area contributed by atoms with Gasteiger partial charge in [0, 0.05) is 48.7 Å². The maximum atomic E-state index is 13.4. The highest BCUT2D eigenvalue weighted by Gasteiger charge is 2.43. The molecule has 1 aliphatic carbocycles. The highest BCUT2D eigenvalue weighted by molar-refractivity contribution is 6.02. The van der Waals surface area contributed by atoms with E-state index in [-0.39, 0.29) is 42.9 Å². The van der Waals surface area contributed by atoms with Gasteiger partial charge >= 0.3 is 0 Å². The van der Waals surface area contributed by atoms with Crippen molar-refractivity contribution in [3.05, 3.63) is 65.5 Å². The molecule has 3 amide bonds. The molecule has 2 aromatic rings. The summed E-state index contributed by atoms with van der Waals surface area (Å²) in [4.78, 5) is 46.9. The van der Waals surface area contributed by atoms with Crippen LogP contribution in [0.25, 0.3) is 0 Å². The second kappa shape index (κ2) is 9.48. The number of aryl methyl sites for hydroxylation is 1. The van der Waals surface area contributed by atoms with Gasteiger partial charge in [-0.2, -0.15) is 0 Å². The van der Waals surface area contributed by atoms with Crippen LogP contribution in [-0.4, -0.2) is 63.8 Å². The van der Waals surface area contributed by atoms with Crippen molar-refractivity contribution in [2.45, 2.75) is 50.9 Å². The number of nitrogens with zero attached hydrogens (tertiary/aromatic N) is 3. The Morgan fingerprint density at radius 1 is 0.938 bits per heavy atom. The SMILES string of the molecule is Cc1cccc(C(=O)N2CCN(C(=O)c3ccncc3)C2C(=O)NC2CCC(N)CC2)c1. The van der Waals surface area contributed by atoms with Crippen LogP contribution < -0.4 is 11.1 Å². The predicted octanol–water partition coefficient (Wildman–Crippen LogP) is 1.70. The maximum Gasteiger partial charge on any atom is 0.264 e. The fraction of sp³-hybridized carbons (Fsp3) is 0.417. The highest BCUT2D eigenvalue weighted by atomic mass is 16.2. The van der Waals surface area contributed by atoms with Gasteiger partial charge in [0.05, 0.1) is 0 Å². The summed E-state index contributed by atoms with van der Waals surface area (Å²) < 4.78 is 0. The topological polar surface area (TPSA) is 109 Å². The number of nitrogens with one attached hydrogen (secondary N) is 1. The van der Waals surface area contributed by atoms with Gasteiger partial charge in [0.25, 0.3) is 17.7 Å². The van der Waals surface area contributed by atoms with Gasteiger partial charge in [-0.15, -0.1) is 0 Å². The molecule has 1 aliphatic heterocycles. The average Bonchev–Trinajstić information content (AvgIpc) is 3.25. The fourth-order valence-electron chi connectivity index (χ4n) is 4.48. The van der Waals surface area contributed by atoms with Crippen LogP contribution in [0.5, 0.6) is 0 Å². The van der Waals surface area contributed by atoms with E-state index in [2.05, 4.69) is 10.3 Å². The molecule has 32 heavy (non-hydrogen) atoms. The largest absolute Gasteiger partial charge is 0.350 e. The number of nitrogens with two attached hydrogens (primary N) is 1. The summed E-state index contributed by atoms with van der Waals surface area (Å²) >= 11 is 0. The second-order valence-corrected chi connectivity index (χ2v) is 8.60. The minimum absolute atomic E-state index is 0.00306. The monoisotopic (exact) mass is 435 g/mol. The van der Waals surface area contributed by atoms with Crippen molar-refractivity contribution < 1.29 is 14.4 Å². The van der Waals surface area contributed by atoms with Crippen LogP contribution in [-0.2, 0) is 4.79 Å². The van der Waals surface area contributed by atoms with E-state index in [9.17, 15) is 14.4 Å². The van der Waals surface area contributed by atoms with Crippen molar-refractivity contribution >= 4 is 17.7 Å². The third-order valence-corrected chi connectivity index (χ3v) is 6.24. The quantitative estimate of drug-likeness (QED) is 0.760. The Bertz CT molecular complexity index is 988. The molecule has 2 fully saturated rings. The number of aromatic nitrogens is 1. The Morgan fingerprint density at radius 3 is 2.19 bits per heavy atom. The van der Waals surface area contributed by atoms with Crippen LogP contribution in [0.3, 0.4) is 0 Å². The smallest absolute Gasteiger partial charge is 0.264 e. The zero-order chi connectivity index (χ0) is 22.7. The molecule has 0 bridgehead atoms. The number of rotatable bonds is 4. The number of hydrogen-bond acceptors (Lipinski definition) is 5. The van der Waals surface area contributed by atoms with E-state index >= 15 is 0 Å². The first-order valence-corrected chi connectivity index (χ1v) is 11.1. The number of carbonyl (C=O) groups is 3. The van der Waals surface area contributed by atoms with Gasteiger partial charge in [0.1, 0.15) is 0 Å². The third kappa shape index (κ3) is 4.65. The van der Waals surface area contributed by atoms with Gasteiger partial charge in [-0.1, -0.05) is 17.7 Å². The molecule has 4 rings (SSSR count). The lowest BCUT2D eigenvalue weighted by atomic mass is 9.92. The van der Waals surface area contributed by atoms with E-state index < -0.39 is 6.17 Å². The number of hydrogen-bond donors (Lipinski definition) is 2. The normalized spacial score (nSPS) is 23.1. The molecule has 168 valence electrons. The summed E-state index contributed by atoms with van der Waals surface area (Å²) in [5, 5.41) is 3.07. The summed E-state index contributed by atoms with van der Waals surface area (Å²) in [7, 11) is 0. The van der Waals surface area contributed by atoms with Gasteiger partial charge in [-0.3, -0.25) is 19.4 Å². The zero-order valence-corrected chi connectivity index (χ0v) is 18.2. The van der Waals surface area contributed by atoms with Crippen molar-refractivity contribution in [1.82, 2.24) is 20.1 Å². The van der Waals surface area contributed by atoms with Crippen LogP contribution in [0.2, 0.25) is 0 Å². The Labute approximate surface area is 187 Å². The molecule has 1 unspecified atom stereocenters. The summed E-state index contributed by atoms with van der Waals surface area (Å²) in [5.41, 5.74) is 7.89. The average molecular weight is 436 g/mol. The van der Waals surface area contributed by atoms with E-state index in [1.54, 1.807) is 36.7 Å². The lowest BCUT2D eigenvalue weighted by Crippen LogP contribution is -2.56. The number of pyridine rings is 1. The molecule has 2 aliphatic rings. The Morgan fingerprint density at radius 2 is 1.56 bits per heavy atom. The Hall–Kier alpha value is -3.26. The lowest BCUT2D eigenvalue weighted by Gasteiger charge is -2.32. The van der Waals surface area contributed by atoms with Crippen LogP contribution >= 0.6 is 0 Å². The molecular formula is C24H29N5O3. The van der Waals surface area contributed by atoms with Gasteiger partial charge in [0.15, 0.2) is 6.17 Å². The van der Waals surface area contributed by atoms with Crippen molar-refractivity contribution in [3.63, 3.8) is 0 Å². The summed E-state index contributed by atoms with van der Waals surface area (Å²) in [6.07, 6.45) is 5.37. The molecule has 0 spiro atoms. The van der Waals surface area contributed by atoms with Crippen LogP contribution in [0.15, 0.2) is 48.8 Å². The van der Waals surface area contributed by atoms with Crippen molar-refractivity contribution in [3.8, 4) is 0 Å². The lowest BCUT2D eigenvalue weighted by molar-refractivity contribution is -0.129. The molecule has 8 nitrogen and oxygen atoms in total. The van der Waals surface area contributed by atoms with Gasteiger partial charge in [0.2, 0.25) is 0 Å². The van der Waals surface area contributed by atoms with Crippen molar-refractivity contribution in [1.29, 1.82) is 0 Å². The molecule has 1 atom stereocenters. The van der Waals surface area contributed by atoms with Crippen LogP contribution in [0.4, 0.5) is 0 Å². The van der Waals surface area contributed by atoms with Crippen LogP contribution in [0.1, 0.15) is 52.0 Å². The van der Waals surface area contributed by atoms with E-state index in [4.69, 9.17) is 5.73 Å². The molecule has 1 saturated carbocycles. The van der Waals surface area contributed by atoms with E-state index in [0.29, 0.717) is 11.1 Å². The summed E-state index contributed by atoms with van der Waals surface area (Å²) in [6.45, 7) is 2.49. The van der Waals surface area contributed by atoms with E-state index in [1.165, 1.54) is 9.80 Å². The van der Waals surface area contributed by atoms with Crippen molar-refractivity contribution in [2.75, 3.05) is 13.1 Å². The minimum atomic E-state index is -1.00. The molecule has 3 N–H and O–H groups in total. The molecule has 2 heterocycles. The van der Waals surface area contributed by atoms with E-state index in [1.807, 2.05) is 19.1 Å². The second-order valence-electron chi connectivity index (χ2n) is 8.60. The van der Waals surface area contributed by atoms with Gasteiger partial charge < -0.3 is 20.9 Å². The Kier molecular flexibility index (Phi) is 6.50. The predicted molar refractivity (Wildman–Crippen MR) is 120 cm³/mol.